The van der Waals surface area contributed by atoms with E-state index in [0.29, 0.717) is 29.3 Å². The fraction of sp³-hybridized carbons (Fsp3) is 0.632. The van der Waals surface area contributed by atoms with Crippen molar-refractivity contribution in [1.82, 2.24) is 5.32 Å². The molecular formula is C19H24N2O. The number of rotatable bonds is 2. The van der Waals surface area contributed by atoms with E-state index in [0.717, 1.165) is 13.0 Å². The van der Waals surface area contributed by atoms with E-state index in [9.17, 15) is 4.79 Å². The summed E-state index contributed by atoms with van der Waals surface area (Å²) in [5.74, 6) is 0.955. The lowest BCUT2D eigenvalue weighted by atomic mass is 9.89. The van der Waals surface area contributed by atoms with Crippen molar-refractivity contribution in [1.29, 1.82) is 0 Å². The molecule has 2 unspecified atom stereocenters. The van der Waals surface area contributed by atoms with Gasteiger partial charge in [0.1, 0.15) is 0 Å². The van der Waals surface area contributed by atoms with Gasteiger partial charge in [-0.1, -0.05) is 18.2 Å². The van der Waals surface area contributed by atoms with Crippen molar-refractivity contribution in [2.24, 2.45) is 5.92 Å². The molecule has 5 rings (SSSR count). The molecule has 2 saturated heterocycles. The Morgan fingerprint density at radius 3 is 2.64 bits per heavy atom. The maximum absolute atomic E-state index is 12.9. The molecule has 0 radical (unpaired) electrons. The van der Waals surface area contributed by atoms with E-state index in [4.69, 9.17) is 0 Å². The Hall–Kier alpha value is -1.35. The number of amides is 1. The van der Waals surface area contributed by atoms with Crippen LogP contribution < -0.4 is 10.2 Å². The van der Waals surface area contributed by atoms with E-state index in [-0.39, 0.29) is 0 Å². The van der Waals surface area contributed by atoms with Crippen molar-refractivity contribution < 1.29 is 4.79 Å². The fourth-order valence-electron chi connectivity index (χ4n) is 5.13. The van der Waals surface area contributed by atoms with E-state index in [2.05, 4.69) is 34.5 Å². The van der Waals surface area contributed by atoms with E-state index in [1.54, 1.807) is 0 Å². The number of benzene rings is 1. The van der Waals surface area contributed by atoms with Crippen molar-refractivity contribution in [3.63, 3.8) is 0 Å². The molecule has 1 N–H and O–H groups in total. The summed E-state index contributed by atoms with van der Waals surface area (Å²) < 4.78 is 0. The molecule has 1 saturated carbocycles. The third-order valence-corrected chi connectivity index (χ3v) is 6.42. The van der Waals surface area contributed by atoms with Crippen LogP contribution in [0.15, 0.2) is 24.3 Å². The zero-order chi connectivity index (χ0) is 14.7. The van der Waals surface area contributed by atoms with Gasteiger partial charge in [-0.3, -0.25) is 4.79 Å². The molecule has 2 bridgehead atoms. The normalized spacial score (nSPS) is 34.0. The van der Waals surface area contributed by atoms with Crippen molar-refractivity contribution in [3.8, 4) is 0 Å². The highest BCUT2D eigenvalue weighted by atomic mass is 16.2. The van der Waals surface area contributed by atoms with E-state index >= 15 is 0 Å². The molecule has 3 fully saturated rings. The second-order valence-electron chi connectivity index (χ2n) is 7.96. The smallest absolute Gasteiger partial charge is 0.227 e. The van der Waals surface area contributed by atoms with E-state index in [1.165, 1.54) is 49.8 Å². The van der Waals surface area contributed by atoms with Gasteiger partial charge < -0.3 is 10.2 Å². The monoisotopic (exact) mass is 296 g/mol. The highest BCUT2D eigenvalue weighted by molar-refractivity contribution is 5.96. The SMILES string of the molecule is O=C(CC1CC2CCC(C1)N2)N1CC2(CC2)c2ccccc21. The first-order valence-corrected chi connectivity index (χ1v) is 8.89. The zero-order valence-electron chi connectivity index (χ0n) is 13.1. The van der Waals surface area contributed by atoms with Crippen LogP contribution in [0.3, 0.4) is 0 Å². The van der Waals surface area contributed by atoms with Crippen molar-refractivity contribution in [2.75, 3.05) is 11.4 Å². The lowest BCUT2D eigenvalue weighted by molar-refractivity contribution is -0.119. The van der Waals surface area contributed by atoms with Gasteiger partial charge in [0.15, 0.2) is 0 Å². The quantitative estimate of drug-likeness (QED) is 0.910. The predicted molar refractivity (Wildman–Crippen MR) is 87.0 cm³/mol. The lowest BCUT2D eigenvalue weighted by Gasteiger charge is -2.30. The van der Waals surface area contributed by atoms with Gasteiger partial charge in [-0.25, -0.2) is 0 Å². The second kappa shape index (κ2) is 4.58. The third-order valence-electron chi connectivity index (χ3n) is 6.42. The third kappa shape index (κ3) is 1.95. The Morgan fingerprint density at radius 2 is 1.91 bits per heavy atom. The molecule has 3 nitrogen and oxygen atoms in total. The number of piperidine rings is 1. The van der Waals surface area contributed by atoms with Crippen LogP contribution in [0.2, 0.25) is 0 Å². The Labute approximate surface area is 132 Å². The van der Waals surface area contributed by atoms with Crippen LogP contribution in [-0.4, -0.2) is 24.5 Å². The second-order valence-corrected chi connectivity index (χ2v) is 7.96. The molecule has 3 heteroatoms. The summed E-state index contributed by atoms with van der Waals surface area (Å²) in [6.45, 7) is 0.934. The summed E-state index contributed by atoms with van der Waals surface area (Å²) in [6.07, 6.45) is 8.28. The maximum Gasteiger partial charge on any atom is 0.227 e. The molecule has 0 aromatic heterocycles. The molecule has 4 aliphatic rings. The van der Waals surface area contributed by atoms with Crippen LogP contribution in [0.1, 0.15) is 50.5 Å². The number of hydrogen-bond acceptors (Lipinski definition) is 2. The molecule has 116 valence electrons. The van der Waals surface area contributed by atoms with Gasteiger partial charge in [-0.2, -0.15) is 0 Å². The number of para-hydroxylation sites is 1. The van der Waals surface area contributed by atoms with Gasteiger partial charge in [-0.05, 0) is 56.1 Å². The summed E-state index contributed by atoms with van der Waals surface area (Å²) in [5, 5.41) is 3.68. The van der Waals surface area contributed by atoms with Crippen LogP contribution in [0.25, 0.3) is 0 Å². The topological polar surface area (TPSA) is 32.3 Å². The first-order chi connectivity index (χ1) is 10.7. The van der Waals surface area contributed by atoms with Gasteiger partial charge in [0.05, 0.1) is 0 Å². The van der Waals surface area contributed by atoms with Gasteiger partial charge >= 0.3 is 0 Å². The Morgan fingerprint density at radius 1 is 1.18 bits per heavy atom. The van der Waals surface area contributed by atoms with Crippen LogP contribution >= 0.6 is 0 Å². The Kier molecular flexibility index (Phi) is 2.73. The average Bonchev–Trinajstić information content (AvgIpc) is 3.12. The van der Waals surface area contributed by atoms with Crippen LogP contribution in [0, 0.1) is 5.92 Å². The molecule has 3 heterocycles. The largest absolute Gasteiger partial charge is 0.311 e. The highest BCUT2D eigenvalue weighted by Crippen LogP contribution is 2.56. The molecule has 1 aromatic rings. The van der Waals surface area contributed by atoms with Gasteiger partial charge in [0, 0.05) is 36.2 Å². The number of carbonyl (C=O) groups is 1. The lowest BCUT2D eigenvalue weighted by Crippen LogP contribution is -2.40. The Bertz CT molecular complexity index is 610. The molecule has 1 spiro atoms. The number of fused-ring (bicyclic) bond motifs is 4. The first kappa shape index (κ1) is 13.1. The molecule has 2 atom stereocenters. The van der Waals surface area contributed by atoms with Crippen LogP contribution in [0.5, 0.6) is 0 Å². The number of carbonyl (C=O) groups excluding carboxylic acids is 1. The maximum atomic E-state index is 12.9. The molecule has 1 aromatic carbocycles. The number of nitrogens with zero attached hydrogens (tertiary/aromatic N) is 1. The molecule has 1 amide bonds. The number of nitrogens with one attached hydrogen (secondary N) is 1. The fourth-order valence-corrected chi connectivity index (χ4v) is 5.13. The van der Waals surface area contributed by atoms with E-state index < -0.39 is 0 Å². The van der Waals surface area contributed by atoms with Crippen molar-refractivity contribution >= 4 is 11.6 Å². The van der Waals surface area contributed by atoms with Crippen molar-refractivity contribution in [2.45, 2.75) is 62.4 Å². The summed E-state index contributed by atoms with van der Waals surface area (Å²) in [4.78, 5) is 15.0. The van der Waals surface area contributed by atoms with Gasteiger partial charge in [0.25, 0.3) is 0 Å². The Balaban J connectivity index is 1.34. The summed E-state index contributed by atoms with van der Waals surface area (Å²) >= 11 is 0. The van der Waals surface area contributed by atoms with E-state index in [1.807, 2.05) is 0 Å². The van der Waals surface area contributed by atoms with Gasteiger partial charge in [0.2, 0.25) is 5.91 Å². The zero-order valence-corrected chi connectivity index (χ0v) is 13.1. The van der Waals surface area contributed by atoms with Crippen LogP contribution in [-0.2, 0) is 10.2 Å². The summed E-state index contributed by atoms with van der Waals surface area (Å²) in [5.41, 5.74) is 2.94. The number of anilines is 1. The number of hydrogen-bond donors (Lipinski definition) is 1. The van der Waals surface area contributed by atoms with Gasteiger partial charge in [-0.15, -0.1) is 0 Å². The average molecular weight is 296 g/mol. The molecular weight excluding hydrogens is 272 g/mol. The standard InChI is InChI=1S/C19H24N2O/c22-18(11-13-9-14-5-6-15(10-13)20-14)21-12-19(7-8-19)16-3-1-2-4-17(16)21/h1-4,13-15,20H,5-12H2. The minimum atomic E-state index is 0.319. The molecule has 3 aliphatic heterocycles. The first-order valence-electron chi connectivity index (χ1n) is 8.89. The van der Waals surface area contributed by atoms with Crippen molar-refractivity contribution in [3.05, 3.63) is 29.8 Å². The molecule has 22 heavy (non-hydrogen) atoms. The summed E-state index contributed by atoms with van der Waals surface area (Å²) in [6, 6.07) is 9.93. The minimum Gasteiger partial charge on any atom is -0.311 e. The summed E-state index contributed by atoms with van der Waals surface area (Å²) in [7, 11) is 0. The van der Waals surface area contributed by atoms with Crippen LogP contribution in [0.4, 0.5) is 5.69 Å². The molecule has 1 aliphatic carbocycles. The predicted octanol–water partition coefficient (Wildman–Crippen LogP) is 2.99. The minimum absolute atomic E-state index is 0.319. The highest BCUT2D eigenvalue weighted by Gasteiger charge is 2.52.